The van der Waals surface area contributed by atoms with E-state index in [9.17, 15) is 4.79 Å². The van der Waals surface area contributed by atoms with Gasteiger partial charge in [-0.1, -0.05) is 25.1 Å². The van der Waals surface area contributed by atoms with Gasteiger partial charge in [-0.3, -0.25) is 9.78 Å². The average molecular weight is 373 g/mol. The van der Waals surface area contributed by atoms with E-state index in [0.29, 0.717) is 18.1 Å². The molecule has 1 aliphatic rings. The van der Waals surface area contributed by atoms with Crippen LogP contribution in [0.15, 0.2) is 59.7 Å². The second-order valence-corrected chi connectivity index (χ2v) is 7.00. The summed E-state index contributed by atoms with van der Waals surface area (Å²) in [4.78, 5) is 17.5. The lowest BCUT2D eigenvalue weighted by atomic mass is 10.1. The first-order valence-electron chi connectivity index (χ1n) is 9.70. The van der Waals surface area contributed by atoms with E-state index < -0.39 is 0 Å². The Morgan fingerprint density at radius 3 is 2.75 bits per heavy atom. The minimum absolute atomic E-state index is 0.223. The maximum absolute atomic E-state index is 12.7. The third-order valence-corrected chi connectivity index (χ3v) is 4.71. The number of hydrazone groups is 1. The standard InChI is InChI=1S/C23H23N3O2/c1-2-13-28-18-11-7-16(8-12-18)15-24-26-23(27)20-14-22(17-9-10-17)25-21-6-4-3-5-19(20)21/h3-8,11-12,14-15,17H,2,9-10,13H2,1H3,(H,26,27). The number of benzene rings is 2. The van der Waals surface area contributed by atoms with E-state index in [0.717, 1.165) is 47.2 Å². The molecule has 0 saturated heterocycles. The zero-order valence-electron chi connectivity index (χ0n) is 15.9. The van der Waals surface area contributed by atoms with Gasteiger partial charge in [-0.25, -0.2) is 5.43 Å². The lowest BCUT2D eigenvalue weighted by Gasteiger charge is -2.08. The second-order valence-electron chi connectivity index (χ2n) is 7.00. The van der Waals surface area contributed by atoms with Crippen LogP contribution in [0, 0.1) is 0 Å². The van der Waals surface area contributed by atoms with Crippen molar-refractivity contribution in [3.05, 3.63) is 71.4 Å². The molecule has 3 aromatic rings. The third kappa shape index (κ3) is 4.19. The number of para-hydroxylation sites is 1. The van der Waals surface area contributed by atoms with Crippen LogP contribution < -0.4 is 10.2 Å². The first-order valence-corrected chi connectivity index (χ1v) is 9.70. The molecule has 0 unspecified atom stereocenters. The highest BCUT2D eigenvalue weighted by molar-refractivity contribution is 6.06. The van der Waals surface area contributed by atoms with Crippen LogP contribution in [0.4, 0.5) is 0 Å². The van der Waals surface area contributed by atoms with Crippen molar-refractivity contribution in [3.8, 4) is 5.75 Å². The number of ether oxygens (including phenoxy) is 1. The average Bonchev–Trinajstić information content (AvgIpc) is 3.57. The Balaban J connectivity index is 1.48. The summed E-state index contributed by atoms with van der Waals surface area (Å²) < 4.78 is 5.57. The number of nitrogens with zero attached hydrogens (tertiary/aromatic N) is 2. The van der Waals surface area contributed by atoms with Gasteiger partial charge in [0.2, 0.25) is 0 Å². The summed E-state index contributed by atoms with van der Waals surface area (Å²) in [6.07, 6.45) is 4.89. The van der Waals surface area contributed by atoms with Gasteiger partial charge in [0.15, 0.2) is 0 Å². The van der Waals surface area contributed by atoms with Gasteiger partial charge in [0.05, 0.1) is 23.9 Å². The molecule has 1 aliphatic carbocycles. The number of hydrogen-bond acceptors (Lipinski definition) is 4. The van der Waals surface area contributed by atoms with E-state index in [2.05, 4.69) is 17.5 Å². The van der Waals surface area contributed by atoms with Gasteiger partial charge in [-0.15, -0.1) is 0 Å². The van der Waals surface area contributed by atoms with Crippen molar-refractivity contribution in [2.75, 3.05) is 6.61 Å². The van der Waals surface area contributed by atoms with Gasteiger partial charge in [0.25, 0.3) is 5.91 Å². The van der Waals surface area contributed by atoms with Crippen molar-refractivity contribution < 1.29 is 9.53 Å². The quantitative estimate of drug-likeness (QED) is 0.484. The molecule has 4 rings (SSSR count). The van der Waals surface area contributed by atoms with Crippen molar-refractivity contribution in [2.45, 2.75) is 32.1 Å². The summed E-state index contributed by atoms with van der Waals surface area (Å²) in [5.74, 6) is 1.09. The summed E-state index contributed by atoms with van der Waals surface area (Å²) in [5.41, 5.74) is 6.00. The zero-order valence-corrected chi connectivity index (χ0v) is 15.9. The molecule has 0 radical (unpaired) electrons. The molecule has 28 heavy (non-hydrogen) atoms. The fourth-order valence-electron chi connectivity index (χ4n) is 3.07. The first kappa shape index (κ1) is 18.2. The molecule has 1 fully saturated rings. The number of carbonyl (C=O) groups excluding carboxylic acids is 1. The molecule has 1 amide bonds. The number of pyridine rings is 1. The van der Waals surface area contributed by atoms with Crippen LogP contribution >= 0.6 is 0 Å². The molecule has 5 nitrogen and oxygen atoms in total. The smallest absolute Gasteiger partial charge is 0.272 e. The molecule has 0 bridgehead atoms. The highest BCUT2D eigenvalue weighted by atomic mass is 16.5. The first-order chi connectivity index (χ1) is 13.7. The largest absolute Gasteiger partial charge is 0.494 e. The molecule has 0 atom stereocenters. The fraction of sp³-hybridized carbons (Fsp3) is 0.261. The Hall–Kier alpha value is -3.21. The Morgan fingerprint density at radius 2 is 2.00 bits per heavy atom. The van der Waals surface area contributed by atoms with Crippen molar-refractivity contribution in [1.29, 1.82) is 0 Å². The van der Waals surface area contributed by atoms with Gasteiger partial charge >= 0.3 is 0 Å². The van der Waals surface area contributed by atoms with E-state index in [1.54, 1.807) is 6.21 Å². The molecule has 0 spiro atoms. The van der Waals surface area contributed by atoms with Gasteiger partial charge in [-0.05, 0) is 61.2 Å². The number of rotatable bonds is 7. The molecule has 1 N–H and O–H groups in total. The lowest BCUT2D eigenvalue weighted by molar-refractivity contribution is 0.0956. The van der Waals surface area contributed by atoms with E-state index in [4.69, 9.17) is 9.72 Å². The van der Waals surface area contributed by atoms with E-state index in [1.165, 1.54) is 0 Å². The normalized spacial score (nSPS) is 13.8. The van der Waals surface area contributed by atoms with Crippen molar-refractivity contribution in [3.63, 3.8) is 0 Å². The third-order valence-electron chi connectivity index (χ3n) is 4.71. The van der Waals surface area contributed by atoms with Gasteiger partial charge in [-0.2, -0.15) is 5.10 Å². The fourth-order valence-corrected chi connectivity index (χ4v) is 3.07. The summed E-state index contributed by atoms with van der Waals surface area (Å²) >= 11 is 0. The second kappa shape index (κ2) is 8.21. The monoisotopic (exact) mass is 373 g/mol. The topological polar surface area (TPSA) is 63.6 Å². The summed E-state index contributed by atoms with van der Waals surface area (Å²) in [7, 11) is 0. The maximum Gasteiger partial charge on any atom is 0.272 e. The van der Waals surface area contributed by atoms with Gasteiger partial charge in [0.1, 0.15) is 5.75 Å². The van der Waals surface area contributed by atoms with E-state index >= 15 is 0 Å². The molecule has 2 aromatic carbocycles. The minimum Gasteiger partial charge on any atom is -0.494 e. The Bertz CT molecular complexity index is 1010. The van der Waals surface area contributed by atoms with E-state index in [1.807, 2.05) is 54.6 Å². The summed E-state index contributed by atoms with van der Waals surface area (Å²) in [6.45, 7) is 2.77. The van der Waals surface area contributed by atoms with Gasteiger partial charge in [0, 0.05) is 17.0 Å². The highest BCUT2D eigenvalue weighted by Crippen LogP contribution is 2.40. The Morgan fingerprint density at radius 1 is 1.21 bits per heavy atom. The number of amides is 1. The molecular weight excluding hydrogens is 350 g/mol. The zero-order chi connectivity index (χ0) is 19.3. The van der Waals surface area contributed by atoms with Crippen LogP contribution in [-0.2, 0) is 0 Å². The van der Waals surface area contributed by atoms with Crippen molar-refractivity contribution >= 4 is 23.0 Å². The molecule has 1 heterocycles. The number of aromatic nitrogens is 1. The van der Waals surface area contributed by atoms with Crippen LogP contribution in [-0.4, -0.2) is 23.7 Å². The van der Waals surface area contributed by atoms with Crippen molar-refractivity contribution in [2.24, 2.45) is 5.10 Å². The van der Waals surface area contributed by atoms with Crippen LogP contribution in [0.2, 0.25) is 0 Å². The molecule has 5 heteroatoms. The van der Waals surface area contributed by atoms with Crippen LogP contribution in [0.3, 0.4) is 0 Å². The molecular formula is C23H23N3O2. The molecule has 1 aromatic heterocycles. The van der Waals surface area contributed by atoms with E-state index in [-0.39, 0.29) is 5.91 Å². The summed E-state index contributed by atoms with van der Waals surface area (Å²) in [6, 6.07) is 17.3. The van der Waals surface area contributed by atoms with Gasteiger partial charge < -0.3 is 4.74 Å². The maximum atomic E-state index is 12.7. The highest BCUT2D eigenvalue weighted by Gasteiger charge is 2.26. The van der Waals surface area contributed by atoms with Crippen LogP contribution in [0.5, 0.6) is 5.75 Å². The minimum atomic E-state index is -0.223. The molecule has 1 saturated carbocycles. The lowest BCUT2D eigenvalue weighted by Crippen LogP contribution is -2.18. The molecule has 0 aliphatic heterocycles. The SMILES string of the molecule is CCCOc1ccc(C=NNC(=O)c2cc(C3CC3)nc3ccccc23)cc1. The summed E-state index contributed by atoms with van der Waals surface area (Å²) in [5, 5.41) is 4.97. The Labute approximate surface area is 164 Å². The Kier molecular flexibility index (Phi) is 5.33. The molecule has 142 valence electrons. The van der Waals surface area contributed by atoms with Crippen LogP contribution in [0.1, 0.15) is 53.7 Å². The van der Waals surface area contributed by atoms with Crippen molar-refractivity contribution in [1.82, 2.24) is 10.4 Å². The predicted octanol–water partition coefficient (Wildman–Crippen LogP) is 4.66. The number of hydrogen-bond donors (Lipinski definition) is 1. The number of fused-ring (bicyclic) bond motifs is 1. The van der Waals surface area contributed by atoms with Crippen LogP contribution in [0.25, 0.3) is 10.9 Å². The predicted molar refractivity (Wildman–Crippen MR) is 111 cm³/mol. The number of carbonyl (C=O) groups is 1. The number of nitrogens with one attached hydrogen (secondary N) is 1.